The van der Waals surface area contributed by atoms with E-state index >= 15 is 0 Å². The highest BCUT2D eigenvalue weighted by Gasteiger charge is 2.22. The number of nitrogens with one attached hydrogen (secondary N) is 1. The minimum Gasteiger partial charge on any atom is -0.339 e. The van der Waals surface area contributed by atoms with Crippen molar-refractivity contribution in [2.24, 2.45) is 0 Å². The monoisotopic (exact) mass is 334 g/mol. The largest absolute Gasteiger partial charge is 0.339 e. The average molecular weight is 335 g/mol. The fourth-order valence-electron chi connectivity index (χ4n) is 2.28. The molecular weight excluding hydrogens is 323 g/mol. The van der Waals surface area contributed by atoms with E-state index in [-0.39, 0.29) is 11.7 Å². The maximum atomic E-state index is 13.8. The molecule has 3 nitrogen and oxygen atoms in total. The predicted octanol–water partition coefficient (Wildman–Crippen LogP) is 4.07. The molecule has 20 heavy (non-hydrogen) atoms. The molecule has 102 valence electrons. The molecule has 0 atom stereocenters. The number of para-hydroxylation sites is 1. The first kappa shape index (κ1) is 13.1. The van der Waals surface area contributed by atoms with Crippen molar-refractivity contribution >= 4 is 38.9 Å². The van der Waals surface area contributed by atoms with Crippen LogP contribution in [0, 0.1) is 5.82 Å². The molecule has 0 saturated carbocycles. The van der Waals surface area contributed by atoms with Gasteiger partial charge in [-0.05, 0) is 34.1 Å². The zero-order valence-electron chi connectivity index (χ0n) is 10.6. The first-order valence-electron chi connectivity index (χ1n) is 6.26. The number of carbonyl (C=O) groups is 1. The van der Waals surface area contributed by atoms with Gasteiger partial charge in [0.05, 0.1) is 15.8 Å². The summed E-state index contributed by atoms with van der Waals surface area (Å²) in [5.74, 6) is -0.413. The lowest BCUT2D eigenvalue weighted by Gasteiger charge is -2.24. The predicted molar refractivity (Wildman–Crippen MR) is 80.8 cm³/mol. The fourth-order valence-corrected chi connectivity index (χ4v) is 2.63. The zero-order valence-corrected chi connectivity index (χ0v) is 12.2. The molecule has 0 unspecified atom stereocenters. The Morgan fingerprint density at radius 1 is 1.20 bits per heavy atom. The summed E-state index contributed by atoms with van der Waals surface area (Å²) in [4.78, 5) is 13.7. The summed E-state index contributed by atoms with van der Waals surface area (Å²) in [6.07, 6.45) is 0.364. The quantitative estimate of drug-likeness (QED) is 0.852. The molecule has 2 aromatic rings. The second kappa shape index (κ2) is 5.25. The van der Waals surface area contributed by atoms with E-state index in [9.17, 15) is 9.18 Å². The minimum atomic E-state index is -0.346. The molecule has 1 aliphatic rings. The van der Waals surface area contributed by atoms with E-state index in [4.69, 9.17) is 0 Å². The van der Waals surface area contributed by atoms with Crippen LogP contribution in [-0.4, -0.2) is 12.5 Å². The maximum Gasteiger partial charge on any atom is 0.226 e. The molecule has 0 radical (unpaired) electrons. The average Bonchev–Trinajstić information content (AvgIpc) is 2.59. The molecule has 0 aliphatic carbocycles. The topological polar surface area (TPSA) is 32.3 Å². The van der Waals surface area contributed by atoms with Crippen LogP contribution in [-0.2, 0) is 4.79 Å². The van der Waals surface area contributed by atoms with E-state index in [1.807, 2.05) is 35.2 Å². The number of carbonyl (C=O) groups excluding carboxylic acids is 1. The molecule has 0 saturated heterocycles. The Balaban J connectivity index is 2.14. The lowest BCUT2D eigenvalue weighted by atomic mass is 10.2. The van der Waals surface area contributed by atoms with Gasteiger partial charge in [-0.3, -0.25) is 4.79 Å². The van der Waals surface area contributed by atoms with E-state index in [0.717, 1.165) is 5.69 Å². The van der Waals surface area contributed by atoms with Crippen LogP contribution in [0.5, 0.6) is 0 Å². The van der Waals surface area contributed by atoms with Crippen molar-refractivity contribution in [2.45, 2.75) is 6.42 Å². The van der Waals surface area contributed by atoms with Gasteiger partial charge < -0.3 is 10.2 Å². The molecule has 1 N–H and O–H groups in total. The standard InChI is InChI=1S/C15H12BrFN2O/c16-11-8-13-14(9-12(11)17)19(7-6-15(20)18-13)10-4-2-1-3-5-10/h1-5,8-9H,6-7H2,(H,18,20). The van der Waals surface area contributed by atoms with Crippen LogP contribution in [0.2, 0.25) is 0 Å². The van der Waals surface area contributed by atoms with Crippen molar-refractivity contribution in [1.82, 2.24) is 0 Å². The molecular formula is C15H12BrFN2O. The van der Waals surface area contributed by atoms with Crippen LogP contribution in [0.25, 0.3) is 0 Å². The van der Waals surface area contributed by atoms with Crippen molar-refractivity contribution in [1.29, 1.82) is 0 Å². The zero-order chi connectivity index (χ0) is 14.1. The third-order valence-corrected chi connectivity index (χ3v) is 3.84. The van der Waals surface area contributed by atoms with Crippen LogP contribution < -0.4 is 10.2 Å². The van der Waals surface area contributed by atoms with Gasteiger partial charge >= 0.3 is 0 Å². The lowest BCUT2D eigenvalue weighted by Crippen LogP contribution is -2.18. The number of nitrogens with zero attached hydrogens (tertiary/aromatic N) is 1. The van der Waals surface area contributed by atoms with Gasteiger partial charge in [0.1, 0.15) is 5.82 Å². The Morgan fingerprint density at radius 2 is 1.95 bits per heavy atom. The molecule has 3 rings (SSSR count). The number of amides is 1. The summed E-state index contributed by atoms with van der Waals surface area (Å²) in [7, 11) is 0. The second-order valence-corrected chi connectivity index (χ2v) is 5.42. The van der Waals surface area contributed by atoms with Gasteiger partial charge in [-0.1, -0.05) is 18.2 Å². The summed E-state index contributed by atoms with van der Waals surface area (Å²) >= 11 is 3.15. The lowest BCUT2D eigenvalue weighted by molar-refractivity contribution is -0.115. The third-order valence-electron chi connectivity index (χ3n) is 3.23. The van der Waals surface area contributed by atoms with Crippen LogP contribution in [0.4, 0.5) is 21.5 Å². The van der Waals surface area contributed by atoms with Crippen LogP contribution in [0.15, 0.2) is 46.9 Å². The van der Waals surface area contributed by atoms with Gasteiger partial charge in [-0.2, -0.15) is 0 Å². The van der Waals surface area contributed by atoms with Gasteiger partial charge in [-0.25, -0.2) is 4.39 Å². The number of rotatable bonds is 1. The van der Waals surface area contributed by atoms with Gasteiger partial charge in [0.2, 0.25) is 5.91 Å². The Morgan fingerprint density at radius 3 is 2.70 bits per heavy atom. The molecule has 0 aromatic heterocycles. The molecule has 1 heterocycles. The molecule has 1 aliphatic heterocycles. The number of hydrogen-bond acceptors (Lipinski definition) is 2. The Hall–Kier alpha value is -1.88. The Labute approximate surface area is 124 Å². The van der Waals surface area contributed by atoms with E-state index in [0.29, 0.717) is 28.8 Å². The third kappa shape index (κ3) is 2.41. The molecule has 0 spiro atoms. The summed E-state index contributed by atoms with van der Waals surface area (Å²) < 4.78 is 14.2. The number of halogens is 2. The van der Waals surface area contributed by atoms with Crippen molar-refractivity contribution in [3.8, 4) is 0 Å². The molecule has 0 fully saturated rings. The van der Waals surface area contributed by atoms with Crippen molar-refractivity contribution in [3.63, 3.8) is 0 Å². The van der Waals surface area contributed by atoms with Gasteiger partial charge in [-0.15, -0.1) is 0 Å². The summed E-state index contributed by atoms with van der Waals surface area (Å²) in [5.41, 5.74) is 2.22. The number of benzene rings is 2. The summed E-state index contributed by atoms with van der Waals surface area (Å²) in [6.45, 7) is 0.518. The highest BCUT2D eigenvalue weighted by Crippen LogP contribution is 2.37. The van der Waals surface area contributed by atoms with E-state index in [1.54, 1.807) is 6.07 Å². The Bertz CT molecular complexity index is 660. The smallest absolute Gasteiger partial charge is 0.226 e. The normalized spacial score (nSPS) is 14.5. The van der Waals surface area contributed by atoms with E-state index < -0.39 is 0 Å². The molecule has 2 aromatic carbocycles. The van der Waals surface area contributed by atoms with Crippen LogP contribution >= 0.6 is 15.9 Å². The maximum absolute atomic E-state index is 13.8. The van der Waals surface area contributed by atoms with Crippen molar-refractivity contribution < 1.29 is 9.18 Å². The number of fused-ring (bicyclic) bond motifs is 1. The molecule has 0 bridgehead atoms. The summed E-state index contributed by atoms with van der Waals surface area (Å²) in [5, 5.41) is 2.81. The van der Waals surface area contributed by atoms with Crippen LogP contribution in [0.3, 0.4) is 0 Å². The first-order valence-corrected chi connectivity index (χ1v) is 7.06. The first-order chi connectivity index (χ1) is 9.65. The van der Waals surface area contributed by atoms with Gasteiger partial charge in [0.25, 0.3) is 0 Å². The number of anilines is 3. The Kier molecular flexibility index (Phi) is 3.44. The van der Waals surface area contributed by atoms with E-state index in [2.05, 4.69) is 21.2 Å². The summed E-state index contributed by atoms with van der Waals surface area (Å²) in [6, 6.07) is 12.7. The van der Waals surface area contributed by atoms with Crippen LogP contribution in [0.1, 0.15) is 6.42 Å². The highest BCUT2D eigenvalue weighted by atomic mass is 79.9. The van der Waals surface area contributed by atoms with E-state index in [1.165, 1.54) is 6.07 Å². The second-order valence-electron chi connectivity index (χ2n) is 4.57. The minimum absolute atomic E-state index is 0.0665. The van der Waals surface area contributed by atoms with Crippen molar-refractivity contribution in [2.75, 3.05) is 16.8 Å². The van der Waals surface area contributed by atoms with Crippen molar-refractivity contribution in [3.05, 3.63) is 52.8 Å². The van der Waals surface area contributed by atoms with Gasteiger partial charge in [0, 0.05) is 24.7 Å². The number of hydrogen-bond donors (Lipinski definition) is 1. The molecule has 1 amide bonds. The SMILES string of the molecule is O=C1CCN(c2ccccc2)c2cc(F)c(Br)cc2N1. The molecule has 5 heteroatoms. The fraction of sp³-hybridized carbons (Fsp3) is 0.133. The highest BCUT2D eigenvalue weighted by molar-refractivity contribution is 9.10. The van der Waals surface area contributed by atoms with Gasteiger partial charge in [0.15, 0.2) is 0 Å².